The zero-order chi connectivity index (χ0) is 16.2. The smallest absolute Gasteiger partial charge is 0.253 e. The monoisotopic (exact) mass is 306 g/mol. The van der Waals surface area contributed by atoms with Gasteiger partial charge in [0, 0.05) is 19.2 Å². The maximum Gasteiger partial charge on any atom is 0.253 e. The third kappa shape index (κ3) is 3.39. The summed E-state index contributed by atoms with van der Waals surface area (Å²) in [4.78, 5) is 26.1. The Hall–Kier alpha value is -2.08. The van der Waals surface area contributed by atoms with E-state index in [4.69, 9.17) is 9.47 Å². The molecule has 1 aliphatic heterocycles. The number of para-hydroxylation sites is 1. The highest BCUT2D eigenvalue weighted by atomic mass is 16.5. The highest BCUT2D eigenvalue weighted by Gasteiger charge is 2.40. The Morgan fingerprint density at radius 1 is 1.41 bits per heavy atom. The van der Waals surface area contributed by atoms with E-state index in [-0.39, 0.29) is 24.8 Å². The number of methoxy groups -OCH3 is 1. The fourth-order valence-corrected chi connectivity index (χ4v) is 2.61. The minimum atomic E-state index is -0.997. The van der Waals surface area contributed by atoms with Crippen molar-refractivity contribution in [2.75, 3.05) is 33.9 Å². The largest absolute Gasteiger partial charge is 0.496 e. The predicted molar refractivity (Wildman–Crippen MR) is 81.7 cm³/mol. The molecule has 0 saturated carbocycles. The van der Waals surface area contributed by atoms with E-state index in [1.54, 1.807) is 26.0 Å². The second-order valence-corrected chi connectivity index (χ2v) is 5.46. The Labute approximate surface area is 130 Å². The van der Waals surface area contributed by atoms with Gasteiger partial charge in [-0.2, -0.15) is 0 Å². The molecule has 1 fully saturated rings. The molecule has 6 heteroatoms. The van der Waals surface area contributed by atoms with E-state index in [0.717, 1.165) is 5.56 Å². The average molecular weight is 306 g/mol. The third-order valence-electron chi connectivity index (χ3n) is 3.87. The van der Waals surface area contributed by atoms with Gasteiger partial charge < -0.3 is 19.7 Å². The molecule has 1 N–H and O–H groups in total. The van der Waals surface area contributed by atoms with Crippen molar-refractivity contribution in [3.8, 4) is 5.75 Å². The van der Waals surface area contributed by atoms with Crippen LogP contribution in [-0.2, 0) is 20.7 Å². The van der Waals surface area contributed by atoms with Gasteiger partial charge in [0.15, 0.2) is 5.60 Å². The number of morpholine rings is 1. The van der Waals surface area contributed by atoms with Crippen LogP contribution in [0.2, 0.25) is 0 Å². The highest BCUT2D eigenvalue weighted by molar-refractivity contribution is 5.86. The van der Waals surface area contributed by atoms with Crippen LogP contribution in [0.1, 0.15) is 12.5 Å². The molecule has 0 aliphatic carbocycles. The highest BCUT2D eigenvalue weighted by Crippen LogP contribution is 2.21. The molecule has 1 aromatic rings. The standard InChI is InChI=1S/C16H22N2O4/c1-16(15(20)17-2)11-18(8-9-22-16)14(19)10-12-6-4-5-7-13(12)21-3/h4-7H,8-11H2,1-3H3,(H,17,20). The van der Waals surface area contributed by atoms with Crippen molar-refractivity contribution >= 4 is 11.8 Å². The number of hydrogen-bond donors (Lipinski definition) is 1. The number of hydrogen-bond acceptors (Lipinski definition) is 4. The normalized spacial score (nSPS) is 21.3. The molecule has 2 amide bonds. The van der Waals surface area contributed by atoms with E-state index >= 15 is 0 Å². The van der Waals surface area contributed by atoms with Gasteiger partial charge in [0.1, 0.15) is 5.75 Å². The van der Waals surface area contributed by atoms with Crippen molar-refractivity contribution < 1.29 is 19.1 Å². The molecule has 0 radical (unpaired) electrons. The second-order valence-electron chi connectivity index (χ2n) is 5.46. The van der Waals surface area contributed by atoms with Crippen molar-refractivity contribution in [3.63, 3.8) is 0 Å². The van der Waals surface area contributed by atoms with Crippen LogP contribution in [-0.4, -0.2) is 56.2 Å². The van der Waals surface area contributed by atoms with Crippen LogP contribution in [0.5, 0.6) is 5.75 Å². The van der Waals surface area contributed by atoms with Crippen molar-refractivity contribution in [1.82, 2.24) is 10.2 Å². The summed E-state index contributed by atoms with van der Waals surface area (Å²) in [5.41, 5.74) is -0.160. The molecule has 1 atom stereocenters. The zero-order valence-electron chi connectivity index (χ0n) is 13.2. The molecule has 22 heavy (non-hydrogen) atoms. The van der Waals surface area contributed by atoms with Gasteiger partial charge in [-0.1, -0.05) is 18.2 Å². The van der Waals surface area contributed by atoms with Crippen LogP contribution in [0.25, 0.3) is 0 Å². The number of nitrogens with one attached hydrogen (secondary N) is 1. The SMILES string of the molecule is CNC(=O)C1(C)CN(C(=O)Cc2ccccc2OC)CCO1. The Balaban J connectivity index is 2.08. The molecule has 0 aromatic heterocycles. The van der Waals surface area contributed by atoms with Crippen molar-refractivity contribution in [1.29, 1.82) is 0 Å². The van der Waals surface area contributed by atoms with E-state index in [0.29, 0.717) is 18.9 Å². The topological polar surface area (TPSA) is 67.9 Å². The molecule has 1 aliphatic rings. The van der Waals surface area contributed by atoms with Gasteiger partial charge in [-0.15, -0.1) is 0 Å². The molecule has 1 saturated heterocycles. The molecule has 0 bridgehead atoms. The van der Waals surface area contributed by atoms with Crippen LogP contribution < -0.4 is 10.1 Å². The summed E-state index contributed by atoms with van der Waals surface area (Å²) in [6, 6.07) is 7.44. The quantitative estimate of drug-likeness (QED) is 0.884. The fourth-order valence-electron chi connectivity index (χ4n) is 2.61. The van der Waals surface area contributed by atoms with Crippen molar-refractivity contribution in [2.24, 2.45) is 0 Å². The second kappa shape index (κ2) is 6.79. The number of benzene rings is 1. The summed E-state index contributed by atoms with van der Waals surface area (Å²) in [7, 11) is 3.15. The van der Waals surface area contributed by atoms with Crippen LogP contribution in [0, 0.1) is 0 Å². The Morgan fingerprint density at radius 2 is 2.14 bits per heavy atom. The van der Waals surface area contributed by atoms with Gasteiger partial charge >= 0.3 is 0 Å². The number of carbonyl (C=O) groups is 2. The summed E-state index contributed by atoms with van der Waals surface area (Å²) >= 11 is 0. The summed E-state index contributed by atoms with van der Waals surface area (Å²) < 4.78 is 10.8. The maximum atomic E-state index is 12.5. The summed E-state index contributed by atoms with van der Waals surface area (Å²) in [5, 5.41) is 2.58. The number of carbonyl (C=O) groups excluding carboxylic acids is 2. The Bertz CT molecular complexity index is 561. The molecule has 1 aromatic carbocycles. The number of rotatable bonds is 4. The lowest BCUT2D eigenvalue weighted by molar-refractivity contribution is -0.162. The fraction of sp³-hybridized carbons (Fsp3) is 0.500. The third-order valence-corrected chi connectivity index (χ3v) is 3.87. The summed E-state index contributed by atoms with van der Waals surface area (Å²) in [6.45, 7) is 2.79. The number of likely N-dealkylation sites (N-methyl/N-ethyl adjacent to an activating group) is 1. The van der Waals surface area contributed by atoms with Crippen LogP contribution in [0.4, 0.5) is 0 Å². The molecule has 0 spiro atoms. The van der Waals surface area contributed by atoms with Crippen LogP contribution in [0.3, 0.4) is 0 Å². The van der Waals surface area contributed by atoms with Crippen LogP contribution >= 0.6 is 0 Å². The lowest BCUT2D eigenvalue weighted by Gasteiger charge is -2.39. The van der Waals surface area contributed by atoms with Gasteiger partial charge in [-0.3, -0.25) is 9.59 Å². The zero-order valence-corrected chi connectivity index (χ0v) is 13.2. The lowest BCUT2D eigenvalue weighted by Crippen LogP contribution is -2.59. The number of nitrogens with zero attached hydrogens (tertiary/aromatic N) is 1. The maximum absolute atomic E-state index is 12.5. The first kappa shape index (κ1) is 16.3. The Morgan fingerprint density at radius 3 is 2.82 bits per heavy atom. The van der Waals surface area contributed by atoms with Gasteiger partial charge in [-0.05, 0) is 13.0 Å². The first-order valence-electron chi connectivity index (χ1n) is 7.26. The van der Waals surface area contributed by atoms with E-state index in [9.17, 15) is 9.59 Å². The van der Waals surface area contributed by atoms with Crippen molar-refractivity contribution in [2.45, 2.75) is 18.9 Å². The molecule has 1 unspecified atom stereocenters. The van der Waals surface area contributed by atoms with Crippen molar-refractivity contribution in [3.05, 3.63) is 29.8 Å². The molecule has 120 valence electrons. The number of amides is 2. The molecule has 1 heterocycles. The molecular formula is C16H22N2O4. The lowest BCUT2D eigenvalue weighted by atomic mass is 10.0. The first-order valence-corrected chi connectivity index (χ1v) is 7.26. The van der Waals surface area contributed by atoms with Crippen LogP contribution in [0.15, 0.2) is 24.3 Å². The minimum Gasteiger partial charge on any atom is -0.496 e. The summed E-state index contributed by atoms with van der Waals surface area (Å²) in [6.07, 6.45) is 0.244. The van der Waals surface area contributed by atoms with E-state index in [1.807, 2.05) is 24.3 Å². The van der Waals surface area contributed by atoms with Gasteiger partial charge in [0.05, 0.1) is 26.7 Å². The average Bonchev–Trinajstić information content (AvgIpc) is 2.54. The van der Waals surface area contributed by atoms with E-state index < -0.39 is 5.60 Å². The predicted octanol–water partition coefficient (Wildman–Crippen LogP) is 0.601. The molecule has 6 nitrogen and oxygen atoms in total. The van der Waals surface area contributed by atoms with E-state index in [2.05, 4.69) is 5.32 Å². The number of ether oxygens (including phenoxy) is 2. The van der Waals surface area contributed by atoms with E-state index in [1.165, 1.54) is 0 Å². The Kier molecular flexibility index (Phi) is 5.03. The van der Waals surface area contributed by atoms with Gasteiger partial charge in [0.2, 0.25) is 5.91 Å². The van der Waals surface area contributed by atoms with Gasteiger partial charge in [-0.25, -0.2) is 0 Å². The molecule has 2 rings (SSSR count). The summed E-state index contributed by atoms with van der Waals surface area (Å²) in [5.74, 6) is 0.434. The minimum absolute atomic E-state index is 0.0390. The van der Waals surface area contributed by atoms with Gasteiger partial charge in [0.25, 0.3) is 5.91 Å². The molecular weight excluding hydrogens is 284 g/mol. The first-order chi connectivity index (χ1) is 10.5.